The average Bonchev–Trinajstić information content (AvgIpc) is 2.98. The molecule has 0 aliphatic carbocycles. The lowest BCUT2D eigenvalue weighted by atomic mass is 10.1. The van der Waals surface area contributed by atoms with E-state index in [9.17, 15) is 0 Å². The second-order valence-corrected chi connectivity index (χ2v) is 4.84. The van der Waals surface area contributed by atoms with Crippen LogP contribution in [0.1, 0.15) is 12.5 Å². The minimum atomic E-state index is 0.173. The van der Waals surface area contributed by atoms with Crippen molar-refractivity contribution in [3.63, 3.8) is 0 Å². The number of fused-ring (bicyclic) bond motifs is 1. The SMILES string of the molecule is CCOC(=N)/C=C/c1ccc(-c2cn3ccccc3n2)cc1. The first kappa shape index (κ1) is 14.1. The van der Waals surface area contributed by atoms with Gasteiger partial charge in [-0.05, 0) is 30.7 Å². The van der Waals surface area contributed by atoms with Crippen LogP contribution in [-0.2, 0) is 4.74 Å². The largest absolute Gasteiger partial charge is 0.478 e. The fourth-order valence-electron chi connectivity index (χ4n) is 2.21. The van der Waals surface area contributed by atoms with Crippen molar-refractivity contribution in [1.82, 2.24) is 9.38 Å². The molecule has 0 aliphatic rings. The van der Waals surface area contributed by atoms with Gasteiger partial charge >= 0.3 is 0 Å². The zero-order valence-corrected chi connectivity index (χ0v) is 12.4. The minimum absolute atomic E-state index is 0.173. The van der Waals surface area contributed by atoms with E-state index in [1.54, 1.807) is 6.08 Å². The normalized spacial score (nSPS) is 11.1. The molecule has 1 N–H and O–H groups in total. The number of hydrogen-bond donors (Lipinski definition) is 1. The molecule has 0 saturated heterocycles. The van der Waals surface area contributed by atoms with Crippen molar-refractivity contribution in [2.45, 2.75) is 6.92 Å². The monoisotopic (exact) mass is 291 g/mol. The highest BCUT2D eigenvalue weighted by atomic mass is 16.5. The van der Waals surface area contributed by atoms with Crippen LogP contribution >= 0.6 is 0 Å². The molecule has 3 rings (SSSR count). The summed E-state index contributed by atoms with van der Waals surface area (Å²) >= 11 is 0. The van der Waals surface area contributed by atoms with Gasteiger partial charge in [-0.15, -0.1) is 0 Å². The topological polar surface area (TPSA) is 50.4 Å². The maximum absolute atomic E-state index is 7.55. The van der Waals surface area contributed by atoms with Crippen LogP contribution in [-0.4, -0.2) is 21.9 Å². The molecule has 0 amide bonds. The molecule has 110 valence electrons. The Morgan fingerprint density at radius 2 is 2.05 bits per heavy atom. The molecule has 0 bridgehead atoms. The lowest BCUT2D eigenvalue weighted by Gasteiger charge is -1.99. The second kappa shape index (κ2) is 6.26. The third-order valence-corrected chi connectivity index (χ3v) is 3.30. The molecule has 0 fully saturated rings. The van der Waals surface area contributed by atoms with Gasteiger partial charge in [0.1, 0.15) is 5.65 Å². The summed E-state index contributed by atoms with van der Waals surface area (Å²) in [5, 5.41) is 7.55. The van der Waals surface area contributed by atoms with Gasteiger partial charge in [0, 0.05) is 24.0 Å². The van der Waals surface area contributed by atoms with Crippen molar-refractivity contribution < 1.29 is 4.74 Å². The summed E-state index contributed by atoms with van der Waals surface area (Å²) in [6.45, 7) is 2.38. The van der Waals surface area contributed by atoms with E-state index in [-0.39, 0.29) is 5.90 Å². The molecule has 22 heavy (non-hydrogen) atoms. The third-order valence-electron chi connectivity index (χ3n) is 3.30. The maximum atomic E-state index is 7.55. The predicted molar refractivity (Wildman–Crippen MR) is 89.0 cm³/mol. The van der Waals surface area contributed by atoms with Crippen molar-refractivity contribution in [3.05, 3.63) is 66.5 Å². The van der Waals surface area contributed by atoms with Gasteiger partial charge in [-0.2, -0.15) is 0 Å². The van der Waals surface area contributed by atoms with Crippen LogP contribution < -0.4 is 0 Å². The number of ether oxygens (including phenoxy) is 1. The van der Waals surface area contributed by atoms with E-state index < -0.39 is 0 Å². The van der Waals surface area contributed by atoms with Crippen LogP contribution in [0.3, 0.4) is 0 Å². The first-order chi connectivity index (χ1) is 10.8. The number of pyridine rings is 1. The van der Waals surface area contributed by atoms with E-state index in [4.69, 9.17) is 10.1 Å². The molecular weight excluding hydrogens is 274 g/mol. The van der Waals surface area contributed by atoms with Gasteiger partial charge in [0.05, 0.1) is 12.3 Å². The van der Waals surface area contributed by atoms with Crippen LogP contribution in [0.5, 0.6) is 0 Å². The third kappa shape index (κ3) is 3.06. The maximum Gasteiger partial charge on any atom is 0.205 e. The Balaban J connectivity index is 1.80. The smallest absolute Gasteiger partial charge is 0.205 e. The number of nitrogens with zero attached hydrogens (tertiary/aromatic N) is 2. The second-order valence-electron chi connectivity index (χ2n) is 4.84. The molecule has 0 atom stereocenters. The Hall–Kier alpha value is -2.88. The summed E-state index contributed by atoms with van der Waals surface area (Å²) in [5.41, 5.74) is 3.98. The summed E-state index contributed by atoms with van der Waals surface area (Å²) in [6.07, 6.45) is 7.53. The number of benzene rings is 1. The van der Waals surface area contributed by atoms with Crippen LogP contribution in [0.15, 0.2) is 60.9 Å². The van der Waals surface area contributed by atoms with Crippen molar-refractivity contribution in [3.8, 4) is 11.3 Å². The van der Waals surface area contributed by atoms with Crippen LogP contribution in [0.4, 0.5) is 0 Å². The van der Waals surface area contributed by atoms with E-state index in [0.29, 0.717) is 6.61 Å². The highest BCUT2D eigenvalue weighted by Gasteiger charge is 2.03. The Morgan fingerprint density at radius 3 is 2.77 bits per heavy atom. The Kier molecular flexibility index (Phi) is 4.01. The first-order valence-corrected chi connectivity index (χ1v) is 7.20. The Morgan fingerprint density at radius 1 is 1.23 bits per heavy atom. The first-order valence-electron chi connectivity index (χ1n) is 7.20. The fraction of sp³-hybridized carbons (Fsp3) is 0.111. The molecule has 3 aromatic rings. The minimum Gasteiger partial charge on any atom is -0.478 e. The van der Waals surface area contributed by atoms with Crippen molar-refractivity contribution in [2.75, 3.05) is 6.61 Å². The van der Waals surface area contributed by atoms with E-state index in [0.717, 1.165) is 22.5 Å². The van der Waals surface area contributed by atoms with Gasteiger partial charge in [-0.1, -0.05) is 30.3 Å². The molecule has 2 heterocycles. The zero-order chi connectivity index (χ0) is 15.4. The number of rotatable bonds is 4. The van der Waals surface area contributed by atoms with Crippen LogP contribution in [0, 0.1) is 5.41 Å². The highest BCUT2D eigenvalue weighted by molar-refractivity contribution is 5.89. The van der Waals surface area contributed by atoms with Gasteiger partial charge in [-0.25, -0.2) is 4.98 Å². The standard InChI is InChI=1S/C18H17N3O/c1-2-22-17(19)11-8-14-6-9-15(10-7-14)16-13-21-12-4-3-5-18(21)20-16/h3-13,19H,2H2,1H3/b11-8+,19-17?. The fourth-order valence-corrected chi connectivity index (χ4v) is 2.21. The summed E-state index contributed by atoms with van der Waals surface area (Å²) in [6, 6.07) is 14.0. The number of nitrogens with one attached hydrogen (secondary N) is 1. The van der Waals surface area contributed by atoms with E-state index >= 15 is 0 Å². The van der Waals surface area contributed by atoms with Crippen molar-refractivity contribution in [1.29, 1.82) is 5.41 Å². The molecule has 0 saturated carbocycles. The van der Waals surface area contributed by atoms with Crippen LogP contribution in [0.2, 0.25) is 0 Å². The number of imidazole rings is 1. The number of aromatic nitrogens is 2. The van der Waals surface area contributed by atoms with Gasteiger partial charge < -0.3 is 9.14 Å². The highest BCUT2D eigenvalue weighted by Crippen LogP contribution is 2.20. The molecule has 0 aliphatic heterocycles. The molecule has 1 aromatic carbocycles. The lowest BCUT2D eigenvalue weighted by molar-refractivity contribution is 0.327. The van der Waals surface area contributed by atoms with Gasteiger partial charge in [0.15, 0.2) is 0 Å². The summed E-state index contributed by atoms with van der Waals surface area (Å²) in [5.74, 6) is 0.173. The summed E-state index contributed by atoms with van der Waals surface area (Å²) in [4.78, 5) is 4.60. The van der Waals surface area contributed by atoms with E-state index in [1.807, 2.05) is 72.3 Å². The van der Waals surface area contributed by atoms with E-state index in [1.165, 1.54) is 0 Å². The zero-order valence-electron chi connectivity index (χ0n) is 12.4. The molecule has 0 radical (unpaired) electrons. The van der Waals surface area contributed by atoms with Crippen molar-refractivity contribution >= 4 is 17.6 Å². The van der Waals surface area contributed by atoms with Gasteiger partial charge in [0.2, 0.25) is 5.90 Å². The lowest BCUT2D eigenvalue weighted by Crippen LogP contribution is -1.97. The molecule has 4 nitrogen and oxygen atoms in total. The quantitative estimate of drug-likeness (QED) is 0.583. The number of hydrogen-bond acceptors (Lipinski definition) is 3. The average molecular weight is 291 g/mol. The Labute approximate surface area is 129 Å². The molecule has 0 unspecified atom stereocenters. The summed E-state index contributed by atoms with van der Waals surface area (Å²) in [7, 11) is 0. The predicted octanol–water partition coefficient (Wildman–Crippen LogP) is 4.03. The Bertz CT molecular complexity index is 783. The molecule has 0 spiro atoms. The van der Waals surface area contributed by atoms with Gasteiger partial charge in [-0.3, -0.25) is 5.41 Å². The molecular formula is C18H17N3O. The molecule has 2 aromatic heterocycles. The van der Waals surface area contributed by atoms with Crippen molar-refractivity contribution in [2.24, 2.45) is 0 Å². The van der Waals surface area contributed by atoms with Gasteiger partial charge in [0.25, 0.3) is 0 Å². The van der Waals surface area contributed by atoms with E-state index in [2.05, 4.69) is 4.98 Å². The summed E-state index contributed by atoms with van der Waals surface area (Å²) < 4.78 is 7.08. The van der Waals surface area contributed by atoms with Crippen LogP contribution in [0.25, 0.3) is 23.0 Å². The molecule has 4 heteroatoms.